The molecule has 2 rings (SSSR count). The highest BCUT2D eigenvalue weighted by Crippen LogP contribution is 2.26. The molecule has 26 heavy (non-hydrogen) atoms. The predicted octanol–water partition coefficient (Wildman–Crippen LogP) is 1.13. The van der Waals surface area contributed by atoms with Crippen molar-refractivity contribution in [3.8, 4) is 0 Å². The van der Waals surface area contributed by atoms with E-state index in [1.54, 1.807) is 0 Å². The maximum absolute atomic E-state index is 13.3. The molecule has 0 aromatic heterocycles. The van der Waals surface area contributed by atoms with Gasteiger partial charge in [0, 0.05) is 38.8 Å². The number of sulfonamides is 1. The normalized spacial score (nSPS) is 17.3. The molecule has 2 N–H and O–H groups in total. The number of alkyl halides is 3. The Morgan fingerprint density at radius 1 is 1.27 bits per heavy atom. The fourth-order valence-corrected chi connectivity index (χ4v) is 3.76. The summed E-state index contributed by atoms with van der Waals surface area (Å²) in [6, 6.07) is 2.49. The van der Waals surface area contributed by atoms with Gasteiger partial charge in [0.1, 0.15) is 6.04 Å². The van der Waals surface area contributed by atoms with Crippen LogP contribution in [0.2, 0.25) is 0 Å². The summed E-state index contributed by atoms with van der Waals surface area (Å²) in [5.41, 5.74) is -0.694. The van der Waals surface area contributed by atoms with E-state index in [0.717, 1.165) is 17.0 Å². The van der Waals surface area contributed by atoms with Gasteiger partial charge < -0.3 is 5.32 Å². The first-order valence-corrected chi connectivity index (χ1v) is 8.86. The predicted molar refractivity (Wildman–Crippen MR) is 89.8 cm³/mol. The van der Waals surface area contributed by atoms with Crippen molar-refractivity contribution in [2.45, 2.75) is 17.1 Å². The number of hydrogen-bond acceptors (Lipinski definition) is 6. The van der Waals surface area contributed by atoms with Gasteiger partial charge in [-0.3, -0.25) is 15.0 Å². The number of hydrogen-bond donors (Lipinski definition) is 2. The van der Waals surface area contributed by atoms with Crippen LogP contribution in [0.3, 0.4) is 0 Å². The molecule has 1 heterocycles. The standard InChI is InChI=1S/C13H17F3N4O4S.ClH/c14-13(15,16)12(19-7-5-17-6-8-19)9-18-25(23,24)11-4-2-1-3-10(11)20(21)22;/h1-4,12,17-18H,5-9H2;1H. The third-order valence-corrected chi connectivity index (χ3v) is 5.26. The highest BCUT2D eigenvalue weighted by atomic mass is 35.5. The molecule has 13 heteroatoms. The minimum atomic E-state index is -4.64. The van der Waals surface area contributed by atoms with Crippen molar-refractivity contribution in [2.24, 2.45) is 0 Å². The largest absolute Gasteiger partial charge is 0.405 e. The Balaban J connectivity index is 0.00000338. The second-order valence-electron chi connectivity index (χ2n) is 5.42. The lowest BCUT2D eigenvalue weighted by molar-refractivity contribution is -0.387. The first kappa shape index (κ1) is 22.6. The average Bonchev–Trinajstić information content (AvgIpc) is 2.54. The summed E-state index contributed by atoms with van der Waals surface area (Å²) in [4.78, 5) is 10.5. The number of nitrogens with one attached hydrogen (secondary N) is 2. The second-order valence-corrected chi connectivity index (χ2v) is 7.16. The van der Waals surface area contributed by atoms with E-state index in [1.165, 1.54) is 12.1 Å². The maximum atomic E-state index is 13.3. The Kier molecular flexibility index (Phi) is 7.77. The molecular formula is C13H18ClF3N4O4S. The third-order valence-electron chi connectivity index (χ3n) is 3.79. The summed E-state index contributed by atoms with van der Waals surface area (Å²) in [7, 11) is -4.46. The summed E-state index contributed by atoms with van der Waals surface area (Å²) in [6.07, 6.45) is -4.64. The van der Waals surface area contributed by atoms with Crippen LogP contribution in [-0.4, -0.2) is 63.2 Å². The molecule has 0 bridgehead atoms. The van der Waals surface area contributed by atoms with Gasteiger partial charge in [-0.2, -0.15) is 13.2 Å². The van der Waals surface area contributed by atoms with E-state index < -0.39 is 44.3 Å². The molecular weight excluding hydrogens is 401 g/mol. The lowest BCUT2D eigenvalue weighted by Gasteiger charge is -2.35. The van der Waals surface area contributed by atoms with E-state index in [4.69, 9.17) is 0 Å². The van der Waals surface area contributed by atoms with Gasteiger partial charge in [-0.15, -0.1) is 12.4 Å². The van der Waals surface area contributed by atoms with Crippen LogP contribution < -0.4 is 10.0 Å². The zero-order valence-corrected chi connectivity index (χ0v) is 15.0. The summed E-state index contributed by atoms with van der Waals surface area (Å²) >= 11 is 0. The molecule has 1 aliphatic rings. The fraction of sp³-hybridized carbons (Fsp3) is 0.538. The van der Waals surface area contributed by atoms with Crippen molar-refractivity contribution in [3.63, 3.8) is 0 Å². The van der Waals surface area contributed by atoms with E-state index in [9.17, 15) is 31.7 Å². The number of halogens is 4. The van der Waals surface area contributed by atoms with Gasteiger partial charge in [0.25, 0.3) is 5.69 Å². The van der Waals surface area contributed by atoms with E-state index >= 15 is 0 Å². The molecule has 1 aromatic rings. The Morgan fingerprint density at radius 3 is 2.38 bits per heavy atom. The van der Waals surface area contributed by atoms with Crippen LogP contribution >= 0.6 is 12.4 Å². The molecule has 1 aromatic carbocycles. The first-order chi connectivity index (χ1) is 11.6. The van der Waals surface area contributed by atoms with Crippen molar-refractivity contribution in [2.75, 3.05) is 32.7 Å². The van der Waals surface area contributed by atoms with Gasteiger partial charge in [-0.25, -0.2) is 13.1 Å². The number of nitro benzene ring substituents is 1. The third kappa shape index (κ3) is 5.51. The molecule has 1 aliphatic heterocycles. The molecule has 1 unspecified atom stereocenters. The number of para-hydroxylation sites is 1. The Hall–Kier alpha value is -1.47. The quantitative estimate of drug-likeness (QED) is 0.530. The smallest absolute Gasteiger partial charge is 0.314 e. The van der Waals surface area contributed by atoms with Crippen molar-refractivity contribution >= 4 is 28.1 Å². The molecule has 1 fully saturated rings. The summed E-state index contributed by atoms with van der Waals surface area (Å²) in [5.74, 6) is 0. The number of rotatable bonds is 6. The second kappa shape index (κ2) is 8.95. The van der Waals surface area contributed by atoms with Crippen molar-refractivity contribution < 1.29 is 26.5 Å². The zero-order chi connectivity index (χ0) is 18.7. The van der Waals surface area contributed by atoms with E-state index in [1.807, 2.05) is 4.72 Å². The number of piperazine rings is 1. The summed E-state index contributed by atoms with van der Waals surface area (Å²) in [5, 5.41) is 13.8. The van der Waals surface area contributed by atoms with Crippen LogP contribution in [0, 0.1) is 10.1 Å². The van der Waals surface area contributed by atoms with Crippen LogP contribution in [0.4, 0.5) is 18.9 Å². The zero-order valence-electron chi connectivity index (χ0n) is 13.4. The fourth-order valence-electron chi connectivity index (χ4n) is 2.55. The molecule has 0 aliphatic carbocycles. The lowest BCUT2D eigenvalue weighted by Crippen LogP contribution is -2.57. The van der Waals surface area contributed by atoms with Crippen LogP contribution in [-0.2, 0) is 10.0 Å². The van der Waals surface area contributed by atoms with Gasteiger partial charge in [-0.1, -0.05) is 12.1 Å². The molecule has 148 valence electrons. The van der Waals surface area contributed by atoms with Gasteiger partial charge in [0.2, 0.25) is 10.0 Å². The first-order valence-electron chi connectivity index (χ1n) is 7.37. The van der Waals surface area contributed by atoms with E-state index in [0.29, 0.717) is 13.1 Å². The van der Waals surface area contributed by atoms with Crippen LogP contribution in [0.15, 0.2) is 29.2 Å². The molecule has 8 nitrogen and oxygen atoms in total. The van der Waals surface area contributed by atoms with Gasteiger partial charge >= 0.3 is 6.18 Å². The average molecular weight is 419 g/mol. The van der Waals surface area contributed by atoms with Gasteiger partial charge in [0.05, 0.1) is 4.92 Å². The minimum absolute atomic E-state index is 0. The topological polar surface area (TPSA) is 105 Å². The highest BCUT2D eigenvalue weighted by Gasteiger charge is 2.44. The van der Waals surface area contributed by atoms with Crippen LogP contribution in [0.5, 0.6) is 0 Å². The van der Waals surface area contributed by atoms with Crippen molar-refractivity contribution in [1.29, 1.82) is 0 Å². The Bertz CT molecular complexity index is 726. The molecule has 0 radical (unpaired) electrons. The van der Waals surface area contributed by atoms with Gasteiger partial charge in [-0.05, 0) is 6.07 Å². The lowest BCUT2D eigenvalue weighted by atomic mass is 10.2. The monoisotopic (exact) mass is 418 g/mol. The van der Waals surface area contributed by atoms with E-state index in [-0.39, 0.29) is 25.5 Å². The van der Waals surface area contributed by atoms with E-state index in [2.05, 4.69) is 5.32 Å². The maximum Gasteiger partial charge on any atom is 0.405 e. The van der Waals surface area contributed by atoms with Crippen molar-refractivity contribution in [1.82, 2.24) is 14.9 Å². The molecule has 0 spiro atoms. The highest BCUT2D eigenvalue weighted by molar-refractivity contribution is 7.89. The molecule has 0 saturated carbocycles. The van der Waals surface area contributed by atoms with Crippen LogP contribution in [0.1, 0.15) is 0 Å². The Labute approximate surface area is 154 Å². The number of nitro groups is 1. The number of benzene rings is 1. The Morgan fingerprint density at radius 2 is 1.85 bits per heavy atom. The molecule has 0 amide bonds. The molecule has 1 atom stereocenters. The van der Waals surface area contributed by atoms with Crippen LogP contribution in [0.25, 0.3) is 0 Å². The summed E-state index contributed by atoms with van der Waals surface area (Å²) < 4.78 is 66.2. The number of nitrogens with zero attached hydrogens (tertiary/aromatic N) is 2. The van der Waals surface area contributed by atoms with Gasteiger partial charge in [0.15, 0.2) is 4.90 Å². The molecule has 1 saturated heterocycles. The van der Waals surface area contributed by atoms with Crippen molar-refractivity contribution in [3.05, 3.63) is 34.4 Å². The SMILES string of the molecule is Cl.O=[N+]([O-])c1ccccc1S(=O)(=O)NCC(N1CCNCC1)C(F)(F)F. The summed E-state index contributed by atoms with van der Waals surface area (Å²) in [6.45, 7) is 0.0552. The minimum Gasteiger partial charge on any atom is -0.314 e.